The van der Waals surface area contributed by atoms with E-state index in [0.29, 0.717) is 12.6 Å². The van der Waals surface area contributed by atoms with Gasteiger partial charge in [0.2, 0.25) is 0 Å². The van der Waals surface area contributed by atoms with Crippen molar-refractivity contribution < 1.29 is 9.47 Å². The van der Waals surface area contributed by atoms with Crippen LogP contribution in [0.3, 0.4) is 0 Å². The van der Waals surface area contributed by atoms with Crippen molar-refractivity contribution in [2.24, 2.45) is 5.73 Å². The van der Waals surface area contributed by atoms with E-state index in [2.05, 4.69) is 30.4 Å². The molecule has 0 bridgehead atoms. The third-order valence-electron chi connectivity index (χ3n) is 2.28. The van der Waals surface area contributed by atoms with Crippen molar-refractivity contribution in [3.8, 4) is 0 Å². The molecule has 76 valence electrons. The Morgan fingerprint density at radius 1 is 1.62 bits per heavy atom. The molecule has 0 spiro atoms. The van der Waals surface area contributed by atoms with Crippen LogP contribution in [-0.2, 0) is 9.47 Å². The molecule has 0 aromatic heterocycles. The molecule has 1 saturated heterocycles. The Kier molecular flexibility index (Phi) is 5.61. The van der Waals surface area contributed by atoms with Crippen LogP contribution in [0.5, 0.6) is 0 Å². The maximum absolute atomic E-state index is 5.69. The lowest BCUT2D eigenvalue weighted by atomic mass is 9.94. The van der Waals surface area contributed by atoms with Crippen molar-refractivity contribution in [3.05, 3.63) is 0 Å². The minimum atomic E-state index is 0.248. The Hall–Kier alpha value is 0.675. The standard InChI is InChI=1S/C8H17BINO2/c9-8-7(12-3-1-2-11)4-6(5-10)13-8/h6-8H,1-5,9,11H2/t6-,7+,8+/m0/s1. The van der Waals surface area contributed by atoms with Crippen LogP contribution in [0.4, 0.5) is 0 Å². The summed E-state index contributed by atoms with van der Waals surface area (Å²) in [5.41, 5.74) is 5.39. The number of ether oxygens (including phenoxy) is 2. The van der Waals surface area contributed by atoms with E-state index in [1.54, 1.807) is 0 Å². The summed E-state index contributed by atoms with van der Waals surface area (Å²) in [6.07, 6.45) is 2.65. The van der Waals surface area contributed by atoms with E-state index in [1.165, 1.54) is 0 Å². The van der Waals surface area contributed by atoms with E-state index < -0.39 is 0 Å². The molecule has 0 aromatic carbocycles. The van der Waals surface area contributed by atoms with Gasteiger partial charge < -0.3 is 15.2 Å². The fraction of sp³-hybridized carbons (Fsp3) is 1.00. The van der Waals surface area contributed by atoms with Crippen LogP contribution in [-0.4, -0.2) is 43.6 Å². The summed E-state index contributed by atoms with van der Waals surface area (Å²) in [6.45, 7) is 1.47. The van der Waals surface area contributed by atoms with Crippen LogP contribution in [0, 0.1) is 0 Å². The third kappa shape index (κ3) is 3.73. The molecule has 0 amide bonds. The van der Waals surface area contributed by atoms with Crippen molar-refractivity contribution in [2.45, 2.75) is 31.1 Å². The fourth-order valence-electron chi connectivity index (χ4n) is 1.52. The lowest BCUT2D eigenvalue weighted by Crippen LogP contribution is -2.25. The van der Waals surface area contributed by atoms with Crippen molar-refractivity contribution in [1.29, 1.82) is 0 Å². The van der Waals surface area contributed by atoms with Gasteiger partial charge in [0.25, 0.3) is 0 Å². The molecule has 5 heteroatoms. The highest BCUT2D eigenvalue weighted by Gasteiger charge is 2.31. The van der Waals surface area contributed by atoms with Gasteiger partial charge in [0.05, 0.1) is 18.2 Å². The van der Waals surface area contributed by atoms with Gasteiger partial charge in [-0.25, -0.2) is 0 Å². The zero-order chi connectivity index (χ0) is 9.68. The number of alkyl halides is 1. The van der Waals surface area contributed by atoms with Crippen LogP contribution in [0.25, 0.3) is 0 Å². The monoisotopic (exact) mass is 297 g/mol. The van der Waals surface area contributed by atoms with Crippen molar-refractivity contribution in [1.82, 2.24) is 0 Å². The second kappa shape index (κ2) is 6.21. The van der Waals surface area contributed by atoms with Gasteiger partial charge >= 0.3 is 0 Å². The van der Waals surface area contributed by atoms with Crippen LogP contribution in [0.2, 0.25) is 0 Å². The Morgan fingerprint density at radius 2 is 2.38 bits per heavy atom. The van der Waals surface area contributed by atoms with Gasteiger partial charge in [-0.15, -0.1) is 0 Å². The van der Waals surface area contributed by atoms with Crippen molar-refractivity contribution in [2.75, 3.05) is 17.6 Å². The second-order valence-electron chi connectivity index (χ2n) is 3.40. The summed E-state index contributed by atoms with van der Waals surface area (Å²) in [5, 5.41) is 0. The van der Waals surface area contributed by atoms with Gasteiger partial charge in [-0.3, -0.25) is 0 Å². The molecular formula is C8H17BINO2. The predicted molar refractivity (Wildman–Crippen MR) is 64.1 cm³/mol. The molecule has 0 aromatic rings. The average Bonchev–Trinajstić information content (AvgIpc) is 2.48. The second-order valence-corrected chi connectivity index (χ2v) is 4.29. The van der Waals surface area contributed by atoms with Gasteiger partial charge in [-0.1, -0.05) is 22.6 Å². The molecule has 1 aliphatic heterocycles. The first kappa shape index (κ1) is 11.7. The minimum Gasteiger partial charge on any atom is -0.380 e. The predicted octanol–water partition coefficient (Wildman–Crippen LogP) is -0.0965. The van der Waals surface area contributed by atoms with E-state index in [-0.39, 0.29) is 12.1 Å². The van der Waals surface area contributed by atoms with E-state index in [9.17, 15) is 0 Å². The maximum Gasteiger partial charge on any atom is 0.142 e. The number of nitrogens with two attached hydrogens (primary N) is 1. The Morgan fingerprint density at radius 3 is 2.92 bits per heavy atom. The molecular weight excluding hydrogens is 280 g/mol. The lowest BCUT2D eigenvalue weighted by Gasteiger charge is -2.14. The van der Waals surface area contributed by atoms with Crippen LogP contribution in [0.15, 0.2) is 0 Å². The summed E-state index contributed by atoms with van der Waals surface area (Å²) in [5.74, 6) is 0. The SMILES string of the molecule is B[C@@H]1O[C@H](CI)C[C@H]1OCCCN. The smallest absolute Gasteiger partial charge is 0.142 e. The maximum atomic E-state index is 5.69. The Labute approximate surface area is 94.3 Å². The number of hydrogen-bond acceptors (Lipinski definition) is 3. The molecule has 0 saturated carbocycles. The molecule has 1 rings (SSSR count). The normalized spacial score (nSPS) is 33.8. The first-order chi connectivity index (χ1) is 6.27. The highest BCUT2D eigenvalue weighted by atomic mass is 127. The summed E-state index contributed by atoms with van der Waals surface area (Å²) < 4.78 is 12.4. The fourth-order valence-corrected chi connectivity index (χ4v) is 2.09. The first-order valence-corrected chi connectivity index (χ1v) is 6.33. The van der Waals surface area contributed by atoms with Gasteiger partial charge in [-0.2, -0.15) is 0 Å². The van der Waals surface area contributed by atoms with Crippen LogP contribution in [0.1, 0.15) is 12.8 Å². The zero-order valence-corrected chi connectivity index (χ0v) is 10.2. The number of rotatable bonds is 5. The molecule has 1 heterocycles. The highest BCUT2D eigenvalue weighted by Crippen LogP contribution is 2.22. The van der Waals surface area contributed by atoms with Gasteiger partial charge in [0, 0.05) is 17.5 Å². The largest absolute Gasteiger partial charge is 0.380 e. The molecule has 2 N–H and O–H groups in total. The van der Waals surface area contributed by atoms with Crippen LogP contribution < -0.4 is 5.73 Å². The molecule has 1 fully saturated rings. The third-order valence-corrected chi connectivity index (χ3v) is 3.26. The lowest BCUT2D eigenvalue weighted by molar-refractivity contribution is 0.0193. The summed E-state index contributed by atoms with van der Waals surface area (Å²) in [7, 11) is 2.08. The minimum absolute atomic E-state index is 0.248. The number of halogens is 1. The highest BCUT2D eigenvalue weighted by molar-refractivity contribution is 14.1. The zero-order valence-electron chi connectivity index (χ0n) is 8.04. The Bertz CT molecular complexity index is 150. The van der Waals surface area contributed by atoms with E-state index >= 15 is 0 Å². The summed E-state index contributed by atoms with van der Waals surface area (Å²) in [6, 6.07) is 0.248. The van der Waals surface area contributed by atoms with Crippen molar-refractivity contribution in [3.63, 3.8) is 0 Å². The van der Waals surface area contributed by atoms with E-state index in [4.69, 9.17) is 15.2 Å². The van der Waals surface area contributed by atoms with Crippen molar-refractivity contribution >= 4 is 30.4 Å². The topological polar surface area (TPSA) is 44.5 Å². The molecule has 13 heavy (non-hydrogen) atoms. The molecule has 0 unspecified atom stereocenters. The molecule has 0 aliphatic carbocycles. The summed E-state index contributed by atoms with van der Waals surface area (Å²) in [4.78, 5) is 0. The molecule has 1 aliphatic rings. The van der Waals surface area contributed by atoms with Gasteiger partial charge in [-0.05, 0) is 13.0 Å². The first-order valence-electron chi connectivity index (χ1n) is 4.81. The molecule has 3 atom stereocenters. The van der Waals surface area contributed by atoms with E-state index in [1.807, 2.05) is 0 Å². The van der Waals surface area contributed by atoms with Crippen LogP contribution >= 0.6 is 22.6 Å². The van der Waals surface area contributed by atoms with Gasteiger partial charge in [0.15, 0.2) is 0 Å². The van der Waals surface area contributed by atoms with E-state index in [0.717, 1.165) is 23.9 Å². The quantitative estimate of drug-likeness (QED) is 0.334. The molecule has 0 radical (unpaired) electrons. The summed E-state index contributed by atoms with van der Waals surface area (Å²) >= 11 is 2.35. The van der Waals surface area contributed by atoms with Gasteiger partial charge in [0.1, 0.15) is 7.85 Å². The molecule has 3 nitrogen and oxygen atoms in total. The number of hydrogen-bond donors (Lipinski definition) is 1. The Balaban J connectivity index is 2.18. The average molecular weight is 297 g/mol.